The molecule has 1 N–H and O–H groups in total. The number of hydrogen-bond acceptors (Lipinski definition) is 7. The van der Waals surface area contributed by atoms with Crippen molar-refractivity contribution in [2.24, 2.45) is 0 Å². The monoisotopic (exact) mass is 366 g/mol. The van der Waals surface area contributed by atoms with Crippen molar-refractivity contribution in [1.29, 1.82) is 0 Å². The van der Waals surface area contributed by atoms with Gasteiger partial charge in [-0.2, -0.15) is 0 Å². The summed E-state index contributed by atoms with van der Waals surface area (Å²) in [7, 11) is 2.98. The van der Waals surface area contributed by atoms with Crippen molar-refractivity contribution in [3.05, 3.63) is 63.1 Å². The van der Waals surface area contributed by atoms with Gasteiger partial charge in [-0.3, -0.25) is 4.79 Å². The molecule has 0 radical (unpaired) electrons. The lowest BCUT2D eigenvalue weighted by atomic mass is 10.1. The van der Waals surface area contributed by atoms with Crippen LogP contribution in [-0.4, -0.2) is 19.3 Å². The highest BCUT2D eigenvalue weighted by molar-refractivity contribution is 6.02. The molecule has 0 fully saturated rings. The Hall–Kier alpha value is -3.74. The Kier molecular flexibility index (Phi) is 3.84. The summed E-state index contributed by atoms with van der Waals surface area (Å²) >= 11 is 0. The Morgan fingerprint density at radius 1 is 0.889 bits per heavy atom. The van der Waals surface area contributed by atoms with Crippen LogP contribution in [0.4, 0.5) is 0 Å². The van der Waals surface area contributed by atoms with Crippen LogP contribution in [0.25, 0.3) is 33.3 Å². The first-order valence-electron chi connectivity index (χ1n) is 7.98. The number of rotatable bonds is 3. The summed E-state index contributed by atoms with van der Waals surface area (Å²) in [6.07, 6.45) is 0. The maximum absolute atomic E-state index is 12.8. The molecule has 0 amide bonds. The molecule has 0 atom stereocenters. The third-order valence-electron chi connectivity index (χ3n) is 4.27. The topological polar surface area (TPSA) is 99.1 Å². The third-order valence-corrected chi connectivity index (χ3v) is 4.27. The Morgan fingerprint density at radius 2 is 1.63 bits per heavy atom. The molecule has 4 rings (SSSR count). The predicted molar refractivity (Wildman–Crippen MR) is 98.7 cm³/mol. The molecular formula is C20H14O7. The summed E-state index contributed by atoms with van der Waals surface area (Å²) in [6, 6.07) is 10.9. The van der Waals surface area contributed by atoms with Crippen LogP contribution in [0.5, 0.6) is 17.2 Å². The van der Waals surface area contributed by atoms with Gasteiger partial charge in [0.25, 0.3) is 0 Å². The number of ether oxygens (including phenoxy) is 2. The van der Waals surface area contributed by atoms with Crippen LogP contribution < -0.4 is 20.5 Å². The molecule has 0 aliphatic heterocycles. The summed E-state index contributed by atoms with van der Waals surface area (Å²) in [5.41, 5.74) is -0.607. The van der Waals surface area contributed by atoms with Crippen molar-refractivity contribution in [3.63, 3.8) is 0 Å². The Balaban J connectivity index is 2.04. The Bertz CT molecular complexity index is 1300. The van der Waals surface area contributed by atoms with Crippen molar-refractivity contribution in [2.45, 2.75) is 0 Å². The summed E-state index contributed by atoms with van der Waals surface area (Å²) in [5.74, 6) is 0.304. The molecule has 4 aromatic rings. The molecule has 0 saturated carbocycles. The van der Waals surface area contributed by atoms with Gasteiger partial charge in [0, 0.05) is 17.0 Å². The quantitative estimate of drug-likeness (QED) is 0.439. The standard InChI is InChI=1S/C20H14O7/c1-24-12-6-4-11(9-14(12)25-2)20-18(23)17(22)16-13(26-20)7-3-10-5-8-15(21)27-19(10)16/h3-9,23H,1-2H3. The van der Waals surface area contributed by atoms with E-state index in [-0.39, 0.29) is 22.3 Å². The van der Waals surface area contributed by atoms with Crippen LogP contribution in [0.3, 0.4) is 0 Å². The zero-order chi connectivity index (χ0) is 19.1. The van der Waals surface area contributed by atoms with E-state index in [1.165, 1.54) is 20.3 Å². The number of methoxy groups -OCH3 is 2. The fourth-order valence-corrected chi connectivity index (χ4v) is 2.97. The minimum absolute atomic E-state index is 0.00641. The zero-order valence-electron chi connectivity index (χ0n) is 14.4. The minimum Gasteiger partial charge on any atom is -0.502 e. The van der Waals surface area contributed by atoms with E-state index < -0.39 is 16.8 Å². The first-order chi connectivity index (χ1) is 13.0. The second-order valence-corrected chi connectivity index (χ2v) is 5.79. The van der Waals surface area contributed by atoms with Crippen molar-refractivity contribution < 1.29 is 23.4 Å². The number of benzene rings is 2. The van der Waals surface area contributed by atoms with Gasteiger partial charge in [-0.05, 0) is 36.4 Å². The molecule has 0 saturated heterocycles. The SMILES string of the molecule is COc1ccc(-c2oc3ccc4ccc(=O)oc4c3c(=O)c2O)cc1OC. The molecule has 0 spiro atoms. The van der Waals surface area contributed by atoms with E-state index in [0.29, 0.717) is 22.4 Å². The predicted octanol–water partition coefficient (Wildman–Crippen LogP) is 3.29. The molecule has 0 unspecified atom stereocenters. The first kappa shape index (κ1) is 16.7. The molecule has 2 aromatic heterocycles. The van der Waals surface area contributed by atoms with Gasteiger partial charge in [-0.1, -0.05) is 0 Å². The van der Waals surface area contributed by atoms with Gasteiger partial charge in [-0.15, -0.1) is 0 Å². The van der Waals surface area contributed by atoms with E-state index in [1.54, 1.807) is 36.4 Å². The second-order valence-electron chi connectivity index (χ2n) is 5.79. The maximum atomic E-state index is 12.8. The van der Waals surface area contributed by atoms with Crippen LogP contribution >= 0.6 is 0 Å². The van der Waals surface area contributed by atoms with Crippen LogP contribution in [0, 0.1) is 0 Å². The van der Waals surface area contributed by atoms with Crippen molar-refractivity contribution in [1.82, 2.24) is 0 Å². The first-order valence-corrected chi connectivity index (χ1v) is 7.98. The maximum Gasteiger partial charge on any atom is 0.336 e. The van der Waals surface area contributed by atoms with Crippen LogP contribution in [-0.2, 0) is 0 Å². The molecule has 0 bridgehead atoms. The number of hydrogen-bond donors (Lipinski definition) is 1. The van der Waals surface area contributed by atoms with Crippen molar-refractivity contribution in [2.75, 3.05) is 14.2 Å². The summed E-state index contributed by atoms with van der Waals surface area (Å²) < 4.78 is 21.4. The largest absolute Gasteiger partial charge is 0.502 e. The van der Waals surface area contributed by atoms with Gasteiger partial charge < -0.3 is 23.4 Å². The smallest absolute Gasteiger partial charge is 0.336 e. The molecule has 7 heteroatoms. The van der Waals surface area contributed by atoms with Gasteiger partial charge >= 0.3 is 5.63 Å². The molecule has 2 aromatic carbocycles. The van der Waals surface area contributed by atoms with Crippen molar-refractivity contribution >= 4 is 21.9 Å². The fourth-order valence-electron chi connectivity index (χ4n) is 2.97. The molecular weight excluding hydrogens is 352 g/mol. The van der Waals surface area contributed by atoms with Gasteiger partial charge in [0.15, 0.2) is 22.8 Å². The van der Waals surface area contributed by atoms with Gasteiger partial charge in [0.2, 0.25) is 11.2 Å². The molecule has 27 heavy (non-hydrogen) atoms. The lowest BCUT2D eigenvalue weighted by Crippen LogP contribution is -2.05. The molecule has 136 valence electrons. The van der Waals surface area contributed by atoms with E-state index in [1.807, 2.05) is 0 Å². The highest BCUT2D eigenvalue weighted by atomic mass is 16.5. The van der Waals surface area contributed by atoms with E-state index in [4.69, 9.17) is 18.3 Å². The second kappa shape index (κ2) is 6.21. The summed E-state index contributed by atoms with van der Waals surface area (Å²) in [6.45, 7) is 0. The molecule has 0 aliphatic rings. The van der Waals surface area contributed by atoms with E-state index in [9.17, 15) is 14.7 Å². The van der Waals surface area contributed by atoms with E-state index in [2.05, 4.69) is 0 Å². The van der Waals surface area contributed by atoms with Gasteiger partial charge in [0.1, 0.15) is 11.0 Å². The van der Waals surface area contributed by atoms with Gasteiger partial charge in [-0.25, -0.2) is 4.79 Å². The molecule has 7 nitrogen and oxygen atoms in total. The zero-order valence-corrected chi connectivity index (χ0v) is 14.4. The highest BCUT2D eigenvalue weighted by Crippen LogP contribution is 2.37. The molecule has 0 aliphatic carbocycles. The lowest BCUT2D eigenvalue weighted by molar-refractivity contribution is 0.355. The third kappa shape index (κ3) is 2.60. The van der Waals surface area contributed by atoms with Crippen LogP contribution in [0.15, 0.2) is 60.9 Å². The van der Waals surface area contributed by atoms with E-state index in [0.717, 1.165) is 0 Å². The molecule has 2 heterocycles. The number of aromatic hydroxyl groups is 1. The Morgan fingerprint density at radius 3 is 2.37 bits per heavy atom. The van der Waals surface area contributed by atoms with E-state index >= 15 is 0 Å². The fraction of sp³-hybridized carbons (Fsp3) is 0.100. The summed E-state index contributed by atoms with van der Waals surface area (Å²) in [4.78, 5) is 24.4. The van der Waals surface area contributed by atoms with Crippen LogP contribution in [0.1, 0.15) is 0 Å². The van der Waals surface area contributed by atoms with Gasteiger partial charge in [0.05, 0.1) is 14.2 Å². The Labute approximate surface area is 152 Å². The highest BCUT2D eigenvalue weighted by Gasteiger charge is 2.19. The van der Waals surface area contributed by atoms with Crippen molar-refractivity contribution in [3.8, 4) is 28.6 Å². The van der Waals surface area contributed by atoms with Crippen LogP contribution in [0.2, 0.25) is 0 Å². The average Bonchev–Trinajstić information content (AvgIpc) is 2.69. The lowest BCUT2D eigenvalue weighted by Gasteiger charge is -2.11. The normalized spacial score (nSPS) is 11.0. The number of fused-ring (bicyclic) bond motifs is 3. The summed E-state index contributed by atoms with van der Waals surface area (Å²) in [5, 5.41) is 11.0. The average molecular weight is 366 g/mol. The minimum atomic E-state index is -0.694.